The maximum atomic E-state index is 11.8. The number of rotatable bonds is 5. The molecule has 17 heavy (non-hydrogen) atoms. The number of nitrogen functional groups attached to an aromatic ring is 1. The Labute approximate surface area is 108 Å². The van der Waals surface area contributed by atoms with E-state index in [-0.39, 0.29) is 11.4 Å². The first-order valence-corrected chi connectivity index (χ1v) is 6.98. The number of aliphatic hydroxyl groups excluding tert-OH is 2. The first kappa shape index (κ1) is 14.4. The van der Waals surface area contributed by atoms with Crippen LogP contribution in [-0.2, 0) is 10.0 Å². The number of nitrogens with one attached hydrogen (secondary N) is 1. The molecule has 5 N–H and O–H groups in total. The Morgan fingerprint density at radius 1 is 1.47 bits per heavy atom. The first-order valence-electron chi connectivity index (χ1n) is 4.70. The van der Waals surface area contributed by atoms with Crippen molar-refractivity contribution in [2.45, 2.75) is 11.0 Å². The van der Waals surface area contributed by atoms with Gasteiger partial charge in [0.2, 0.25) is 10.0 Å². The van der Waals surface area contributed by atoms with E-state index < -0.39 is 22.7 Å². The lowest BCUT2D eigenvalue weighted by Gasteiger charge is -2.11. The zero-order valence-electron chi connectivity index (χ0n) is 8.80. The van der Waals surface area contributed by atoms with Gasteiger partial charge in [-0.05, 0) is 34.1 Å². The molecule has 0 spiro atoms. The highest BCUT2D eigenvalue weighted by molar-refractivity contribution is 9.10. The summed E-state index contributed by atoms with van der Waals surface area (Å²) >= 11 is 3.10. The summed E-state index contributed by atoms with van der Waals surface area (Å²) in [7, 11) is -3.77. The number of benzene rings is 1. The molecular weight excluding hydrogens is 312 g/mol. The molecule has 0 bridgehead atoms. The number of halogens is 1. The fourth-order valence-corrected chi connectivity index (χ4v) is 3.14. The molecular formula is C9H13BrN2O4S. The van der Waals surface area contributed by atoms with E-state index in [0.29, 0.717) is 10.2 Å². The predicted molar refractivity (Wildman–Crippen MR) is 66.8 cm³/mol. The average Bonchev–Trinajstić information content (AvgIpc) is 2.29. The first-order chi connectivity index (χ1) is 7.86. The lowest BCUT2D eigenvalue weighted by molar-refractivity contribution is 0.0988. The largest absolute Gasteiger partial charge is 0.399 e. The minimum absolute atomic E-state index is 0.0114. The van der Waals surface area contributed by atoms with E-state index in [0.717, 1.165) is 0 Å². The Bertz CT molecular complexity index is 492. The van der Waals surface area contributed by atoms with Gasteiger partial charge in [-0.15, -0.1) is 0 Å². The lowest BCUT2D eigenvalue weighted by atomic mass is 10.3. The third-order valence-electron chi connectivity index (χ3n) is 1.96. The van der Waals surface area contributed by atoms with Crippen LogP contribution in [0.3, 0.4) is 0 Å². The van der Waals surface area contributed by atoms with Crippen LogP contribution in [0.15, 0.2) is 27.6 Å². The van der Waals surface area contributed by atoms with Gasteiger partial charge in [0.1, 0.15) is 0 Å². The van der Waals surface area contributed by atoms with Gasteiger partial charge < -0.3 is 15.9 Å². The topological polar surface area (TPSA) is 113 Å². The molecule has 1 aromatic rings. The fraction of sp³-hybridized carbons (Fsp3) is 0.333. The highest BCUT2D eigenvalue weighted by Crippen LogP contribution is 2.23. The molecule has 0 radical (unpaired) electrons. The maximum Gasteiger partial charge on any atom is 0.241 e. The van der Waals surface area contributed by atoms with Crippen molar-refractivity contribution in [1.82, 2.24) is 4.72 Å². The van der Waals surface area contributed by atoms with E-state index in [4.69, 9.17) is 15.9 Å². The van der Waals surface area contributed by atoms with E-state index in [9.17, 15) is 8.42 Å². The van der Waals surface area contributed by atoms with Crippen molar-refractivity contribution in [2.24, 2.45) is 0 Å². The van der Waals surface area contributed by atoms with Gasteiger partial charge in [-0.1, -0.05) is 0 Å². The molecule has 0 fully saturated rings. The maximum absolute atomic E-state index is 11.8. The van der Waals surface area contributed by atoms with Crippen molar-refractivity contribution >= 4 is 31.6 Å². The summed E-state index contributed by atoms with van der Waals surface area (Å²) < 4.78 is 26.2. The molecule has 1 atom stereocenters. The Morgan fingerprint density at radius 2 is 2.12 bits per heavy atom. The number of anilines is 1. The summed E-state index contributed by atoms with van der Waals surface area (Å²) in [5.74, 6) is 0. The highest BCUT2D eigenvalue weighted by atomic mass is 79.9. The van der Waals surface area contributed by atoms with Crippen LogP contribution in [-0.4, -0.2) is 37.9 Å². The number of hydrogen-bond donors (Lipinski definition) is 4. The Balaban J connectivity index is 2.93. The average molecular weight is 325 g/mol. The number of sulfonamides is 1. The molecule has 0 saturated heterocycles. The molecule has 0 aliphatic heterocycles. The standard InChI is InChI=1S/C9H13BrN2O4S/c10-8-2-1-6(11)3-9(8)17(15,16)12-4-7(14)5-13/h1-3,7,12-14H,4-5,11H2. The molecule has 0 amide bonds. The molecule has 8 heteroatoms. The molecule has 0 saturated carbocycles. The molecule has 1 rings (SSSR count). The van der Waals surface area contributed by atoms with Crippen molar-refractivity contribution in [3.05, 3.63) is 22.7 Å². The van der Waals surface area contributed by atoms with Crippen LogP contribution in [0.4, 0.5) is 5.69 Å². The Kier molecular flexibility index (Phi) is 4.90. The van der Waals surface area contributed by atoms with Crippen molar-refractivity contribution in [3.63, 3.8) is 0 Å². The van der Waals surface area contributed by atoms with Crippen molar-refractivity contribution < 1.29 is 18.6 Å². The lowest BCUT2D eigenvalue weighted by Crippen LogP contribution is -2.34. The van der Waals surface area contributed by atoms with Crippen LogP contribution in [0.25, 0.3) is 0 Å². The van der Waals surface area contributed by atoms with E-state index >= 15 is 0 Å². The summed E-state index contributed by atoms with van der Waals surface area (Å²) in [6.07, 6.45) is -1.13. The number of nitrogens with two attached hydrogens (primary N) is 1. The zero-order chi connectivity index (χ0) is 13.1. The molecule has 96 valence electrons. The van der Waals surface area contributed by atoms with Gasteiger partial charge in [0, 0.05) is 16.7 Å². The van der Waals surface area contributed by atoms with Crippen LogP contribution in [0, 0.1) is 0 Å². The second-order valence-corrected chi connectivity index (χ2v) is 5.97. The molecule has 1 aromatic carbocycles. The van der Waals surface area contributed by atoms with Gasteiger partial charge in [0.25, 0.3) is 0 Å². The van der Waals surface area contributed by atoms with Crippen LogP contribution >= 0.6 is 15.9 Å². The SMILES string of the molecule is Nc1ccc(Br)c(S(=O)(=O)NCC(O)CO)c1. The highest BCUT2D eigenvalue weighted by Gasteiger charge is 2.18. The zero-order valence-corrected chi connectivity index (χ0v) is 11.2. The van der Waals surface area contributed by atoms with Crippen LogP contribution in [0.1, 0.15) is 0 Å². The fourth-order valence-electron chi connectivity index (χ4n) is 1.07. The van der Waals surface area contributed by atoms with Gasteiger partial charge in [0.05, 0.1) is 17.6 Å². The van der Waals surface area contributed by atoms with Gasteiger partial charge in [-0.3, -0.25) is 0 Å². The van der Waals surface area contributed by atoms with Gasteiger partial charge in [-0.2, -0.15) is 0 Å². The normalized spacial score (nSPS) is 13.6. The molecule has 0 aliphatic rings. The van der Waals surface area contributed by atoms with E-state index in [1.165, 1.54) is 12.1 Å². The van der Waals surface area contributed by atoms with Gasteiger partial charge >= 0.3 is 0 Å². The third-order valence-corrected chi connectivity index (χ3v) is 4.38. The van der Waals surface area contributed by atoms with Gasteiger partial charge in [-0.25, -0.2) is 13.1 Å². The third kappa shape index (κ3) is 3.93. The Hall–Kier alpha value is -0.670. The summed E-state index contributed by atoms with van der Waals surface area (Å²) in [4.78, 5) is -0.0114. The predicted octanol–water partition coefficient (Wildman–Crippen LogP) is -0.337. The molecule has 0 aromatic heterocycles. The second-order valence-electron chi connectivity index (χ2n) is 3.38. The van der Waals surface area contributed by atoms with E-state index in [1.54, 1.807) is 6.07 Å². The van der Waals surface area contributed by atoms with Crippen LogP contribution < -0.4 is 10.5 Å². The van der Waals surface area contributed by atoms with Crippen molar-refractivity contribution in [3.8, 4) is 0 Å². The van der Waals surface area contributed by atoms with Crippen LogP contribution in [0.5, 0.6) is 0 Å². The molecule has 1 unspecified atom stereocenters. The minimum atomic E-state index is -3.77. The molecule has 0 aliphatic carbocycles. The van der Waals surface area contributed by atoms with Gasteiger partial charge in [0.15, 0.2) is 0 Å². The van der Waals surface area contributed by atoms with Crippen molar-refractivity contribution in [1.29, 1.82) is 0 Å². The summed E-state index contributed by atoms with van der Waals surface area (Å²) in [6, 6.07) is 4.38. The van der Waals surface area contributed by atoms with E-state index in [2.05, 4.69) is 20.7 Å². The Morgan fingerprint density at radius 3 is 2.71 bits per heavy atom. The van der Waals surface area contributed by atoms with Crippen molar-refractivity contribution in [2.75, 3.05) is 18.9 Å². The van der Waals surface area contributed by atoms with E-state index in [1.807, 2.05) is 0 Å². The monoisotopic (exact) mass is 324 g/mol. The second kappa shape index (κ2) is 5.78. The smallest absolute Gasteiger partial charge is 0.241 e. The summed E-state index contributed by atoms with van der Waals surface area (Å²) in [5, 5.41) is 17.7. The minimum Gasteiger partial charge on any atom is -0.399 e. The quantitative estimate of drug-likeness (QED) is 0.554. The molecule has 0 heterocycles. The molecule has 6 nitrogen and oxygen atoms in total. The number of hydrogen-bond acceptors (Lipinski definition) is 5. The summed E-state index contributed by atoms with van der Waals surface area (Å²) in [5.41, 5.74) is 5.82. The van der Waals surface area contributed by atoms with Crippen LogP contribution in [0.2, 0.25) is 0 Å². The summed E-state index contributed by atoms with van der Waals surface area (Å²) in [6.45, 7) is -0.777. The number of aliphatic hydroxyl groups is 2.